The summed E-state index contributed by atoms with van der Waals surface area (Å²) in [7, 11) is 0. The first kappa shape index (κ1) is 38.4. The summed E-state index contributed by atoms with van der Waals surface area (Å²) in [6.07, 6.45) is 35.7. The lowest BCUT2D eigenvalue weighted by Gasteiger charge is -2.16. The minimum absolute atomic E-state index is 0.164. The smallest absolute Gasteiger partial charge is 0.306 e. The molecule has 0 amide bonds. The van der Waals surface area contributed by atoms with Gasteiger partial charge in [-0.2, -0.15) is 0 Å². The average Bonchev–Trinajstić information content (AvgIpc) is 2.94. The molecule has 4 heteroatoms. The van der Waals surface area contributed by atoms with Gasteiger partial charge in [-0.1, -0.05) is 174 Å². The molecule has 0 bridgehead atoms. The van der Waals surface area contributed by atoms with Gasteiger partial charge in [0.2, 0.25) is 0 Å². The monoisotopic (exact) mass is 555 g/mol. The Bertz CT molecular complexity index is 468. The maximum absolute atomic E-state index is 12.1. The van der Waals surface area contributed by atoms with E-state index in [2.05, 4.69) is 13.8 Å². The summed E-state index contributed by atoms with van der Waals surface area (Å²) in [5.74, 6) is -0.197. The second kappa shape index (κ2) is 33.6. The van der Waals surface area contributed by atoms with Gasteiger partial charge in [-0.25, -0.2) is 0 Å². The van der Waals surface area contributed by atoms with Crippen LogP contribution in [0.5, 0.6) is 0 Å². The van der Waals surface area contributed by atoms with Crippen LogP contribution in [-0.4, -0.2) is 37.0 Å². The predicted octanol–water partition coefficient (Wildman–Crippen LogP) is 10.9. The molecule has 234 valence electrons. The van der Waals surface area contributed by atoms with Crippen LogP contribution < -0.4 is 0 Å². The fourth-order valence-corrected chi connectivity index (χ4v) is 5.27. The highest BCUT2D eigenvalue weighted by atomic mass is 16.6. The van der Waals surface area contributed by atoms with Crippen LogP contribution in [0.1, 0.15) is 194 Å². The highest BCUT2D eigenvalue weighted by molar-refractivity contribution is 5.69. The molecule has 0 aliphatic rings. The molecule has 0 aromatic rings. The van der Waals surface area contributed by atoms with Crippen molar-refractivity contribution in [2.24, 2.45) is 0 Å². The number of unbranched alkanes of at least 4 members (excludes halogenated alkanes) is 25. The van der Waals surface area contributed by atoms with E-state index < -0.39 is 6.10 Å². The van der Waals surface area contributed by atoms with E-state index >= 15 is 0 Å². The van der Waals surface area contributed by atoms with Gasteiger partial charge in [0.1, 0.15) is 6.10 Å². The van der Waals surface area contributed by atoms with E-state index in [1.165, 1.54) is 154 Å². The van der Waals surface area contributed by atoms with Gasteiger partial charge < -0.3 is 14.6 Å². The number of rotatable bonds is 33. The van der Waals surface area contributed by atoms with Crippen molar-refractivity contribution in [2.45, 2.75) is 200 Å². The first-order chi connectivity index (χ1) is 19.2. The molecular weight excluding hydrogens is 484 g/mol. The van der Waals surface area contributed by atoms with Gasteiger partial charge in [0.15, 0.2) is 0 Å². The van der Waals surface area contributed by atoms with Crippen LogP contribution in [0.4, 0.5) is 0 Å². The second-order valence-corrected chi connectivity index (χ2v) is 12.0. The zero-order chi connectivity index (χ0) is 28.5. The molecular formula is C35H70O4. The Labute approximate surface area is 244 Å². The van der Waals surface area contributed by atoms with Gasteiger partial charge >= 0.3 is 5.97 Å². The predicted molar refractivity (Wildman–Crippen MR) is 168 cm³/mol. The van der Waals surface area contributed by atoms with E-state index in [9.17, 15) is 9.90 Å². The van der Waals surface area contributed by atoms with Gasteiger partial charge in [0.05, 0.1) is 13.2 Å². The minimum atomic E-state index is -0.521. The second-order valence-electron chi connectivity index (χ2n) is 12.0. The molecule has 0 aromatic heterocycles. The molecule has 0 aliphatic carbocycles. The number of ether oxygens (including phenoxy) is 2. The Morgan fingerprint density at radius 1 is 0.513 bits per heavy atom. The fraction of sp³-hybridized carbons (Fsp3) is 0.971. The Morgan fingerprint density at radius 2 is 0.846 bits per heavy atom. The maximum Gasteiger partial charge on any atom is 0.306 e. The summed E-state index contributed by atoms with van der Waals surface area (Å²) in [6, 6.07) is 0. The van der Waals surface area contributed by atoms with Crippen molar-refractivity contribution in [3.63, 3.8) is 0 Å². The molecule has 39 heavy (non-hydrogen) atoms. The molecule has 0 fully saturated rings. The Balaban J connectivity index is 3.35. The standard InChI is InChI=1S/C35H70O4/c1-3-5-7-9-11-13-14-15-16-17-18-19-20-21-22-23-24-26-28-30-35(37)39-34(32-36)33-38-31-29-27-25-12-10-8-6-4-2/h34,36H,3-33H2,1-2H3. The van der Waals surface area contributed by atoms with Crippen LogP contribution in [-0.2, 0) is 14.3 Å². The molecule has 0 aliphatic heterocycles. The third-order valence-electron chi connectivity index (χ3n) is 7.93. The first-order valence-electron chi connectivity index (χ1n) is 17.6. The van der Waals surface area contributed by atoms with E-state index in [1.807, 2.05) is 0 Å². The van der Waals surface area contributed by atoms with Crippen LogP contribution in [0.25, 0.3) is 0 Å². The molecule has 0 rings (SSSR count). The molecule has 1 atom stereocenters. The van der Waals surface area contributed by atoms with Crippen molar-refractivity contribution < 1.29 is 19.4 Å². The molecule has 1 N–H and O–H groups in total. The van der Waals surface area contributed by atoms with E-state index in [1.54, 1.807) is 0 Å². The largest absolute Gasteiger partial charge is 0.457 e. The molecule has 4 nitrogen and oxygen atoms in total. The lowest BCUT2D eigenvalue weighted by molar-refractivity contribution is -0.154. The summed E-state index contributed by atoms with van der Waals surface area (Å²) < 4.78 is 11.0. The molecule has 0 aromatic carbocycles. The van der Waals surface area contributed by atoms with Crippen molar-refractivity contribution in [1.82, 2.24) is 0 Å². The molecule has 0 saturated heterocycles. The third-order valence-corrected chi connectivity index (χ3v) is 7.93. The van der Waals surface area contributed by atoms with Gasteiger partial charge in [0, 0.05) is 13.0 Å². The topological polar surface area (TPSA) is 55.8 Å². The zero-order valence-corrected chi connectivity index (χ0v) is 26.7. The van der Waals surface area contributed by atoms with Crippen molar-refractivity contribution in [1.29, 1.82) is 0 Å². The number of carbonyl (C=O) groups is 1. The van der Waals surface area contributed by atoms with Crippen LogP contribution in [0.2, 0.25) is 0 Å². The van der Waals surface area contributed by atoms with Crippen LogP contribution >= 0.6 is 0 Å². The lowest BCUT2D eigenvalue weighted by Crippen LogP contribution is -2.27. The molecule has 1 unspecified atom stereocenters. The first-order valence-corrected chi connectivity index (χ1v) is 17.6. The van der Waals surface area contributed by atoms with Crippen molar-refractivity contribution in [2.75, 3.05) is 19.8 Å². The Hall–Kier alpha value is -0.610. The number of aliphatic hydroxyl groups excluding tert-OH is 1. The van der Waals surface area contributed by atoms with Gasteiger partial charge in [-0.15, -0.1) is 0 Å². The zero-order valence-electron chi connectivity index (χ0n) is 26.7. The number of carbonyl (C=O) groups excluding carboxylic acids is 1. The SMILES string of the molecule is CCCCCCCCCCCCCCCCCCCCCC(=O)OC(CO)COCCCCCCCCCC. The van der Waals surface area contributed by atoms with Gasteiger partial charge in [0.25, 0.3) is 0 Å². The minimum Gasteiger partial charge on any atom is -0.457 e. The summed E-state index contributed by atoms with van der Waals surface area (Å²) in [5.41, 5.74) is 0. The summed E-state index contributed by atoms with van der Waals surface area (Å²) in [6.45, 7) is 5.36. The average molecular weight is 555 g/mol. The van der Waals surface area contributed by atoms with Crippen molar-refractivity contribution >= 4 is 5.97 Å². The maximum atomic E-state index is 12.1. The lowest BCUT2D eigenvalue weighted by atomic mass is 10.0. The molecule has 0 saturated carbocycles. The number of aliphatic hydroxyl groups is 1. The van der Waals surface area contributed by atoms with Gasteiger partial charge in [-0.3, -0.25) is 4.79 Å². The molecule has 0 spiro atoms. The van der Waals surface area contributed by atoms with Crippen LogP contribution in [0.3, 0.4) is 0 Å². The number of hydrogen-bond acceptors (Lipinski definition) is 4. The summed E-state index contributed by atoms with van der Waals surface area (Å²) in [4.78, 5) is 12.1. The summed E-state index contributed by atoms with van der Waals surface area (Å²) >= 11 is 0. The van der Waals surface area contributed by atoms with Crippen molar-refractivity contribution in [3.8, 4) is 0 Å². The Kier molecular flexibility index (Phi) is 33.1. The fourth-order valence-electron chi connectivity index (χ4n) is 5.27. The Morgan fingerprint density at radius 3 is 1.21 bits per heavy atom. The van der Waals surface area contributed by atoms with Gasteiger partial charge in [-0.05, 0) is 12.8 Å². The highest BCUT2D eigenvalue weighted by Gasteiger charge is 2.13. The van der Waals surface area contributed by atoms with E-state index in [0.29, 0.717) is 19.6 Å². The van der Waals surface area contributed by atoms with Crippen LogP contribution in [0, 0.1) is 0 Å². The van der Waals surface area contributed by atoms with E-state index in [4.69, 9.17) is 9.47 Å². The van der Waals surface area contributed by atoms with Crippen LogP contribution in [0.15, 0.2) is 0 Å². The van der Waals surface area contributed by atoms with Crippen molar-refractivity contribution in [3.05, 3.63) is 0 Å². The summed E-state index contributed by atoms with van der Waals surface area (Å²) in [5, 5.41) is 9.50. The number of hydrogen-bond donors (Lipinski definition) is 1. The van der Waals surface area contributed by atoms with E-state index in [-0.39, 0.29) is 12.6 Å². The molecule has 0 heterocycles. The normalized spacial score (nSPS) is 12.2. The quantitative estimate of drug-likeness (QED) is 0.0647. The van der Waals surface area contributed by atoms with E-state index in [0.717, 1.165) is 19.3 Å². The third kappa shape index (κ3) is 31.8. The highest BCUT2D eigenvalue weighted by Crippen LogP contribution is 2.15. The molecule has 0 radical (unpaired) electrons. The number of esters is 1.